The van der Waals surface area contributed by atoms with E-state index in [1.807, 2.05) is 42.5 Å². The zero-order chi connectivity index (χ0) is 32.2. The lowest BCUT2D eigenvalue weighted by Gasteiger charge is -2.21. The maximum Gasteiger partial charge on any atom is 0.309 e. The molecule has 6 rings (SSSR count). The van der Waals surface area contributed by atoms with Crippen molar-refractivity contribution in [1.82, 2.24) is 20.0 Å². The largest absolute Gasteiger partial charge is 0.469 e. The highest BCUT2D eigenvalue weighted by molar-refractivity contribution is 6.31. The number of alkyl halides is 2. The van der Waals surface area contributed by atoms with Gasteiger partial charge in [0, 0.05) is 51.6 Å². The van der Waals surface area contributed by atoms with E-state index < -0.39 is 12.1 Å². The van der Waals surface area contributed by atoms with Gasteiger partial charge in [0.25, 0.3) is 6.43 Å². The third kappa shape index (κ3) is 6.82. The van der Waals surface area contributed by atoms with Gasteiger partial charge in [0.2, 0.25) is 5.91 Å². The molecule has 0 saturated carbocycles. The predicted molar refractivity (Wildman–Crippen MR) is 171 cm³/mol. The number of nitrogens with zero attached hydrogens (tertiary/aromatic N) is 4. The fraction of sp³-hybridized carbons (Fsp3) is 0.229. The number of methoxy groups -OCH3 is 1. The van der Waals surface area contributed by atoms with Crippen LogP contribution in [0.1, 0.15) is 60.5 Å². The number of hydrogen-bond donors (Lipinski definition) is 1. The third-order valence-electron chi connectivity index (χ3n) is 8.08. The second-order valence-electron chi connectivity index (χ2n) is 11.1. The third-order valence-corrected chi connectivity index (χ3v) is 8.31. The zero-order valence-corrected chi connectivity index (χ0v) is 25.7. The molecule has 3 aromatic carbocycles. The Labute approximate surface area is 269 Å². The summed E-state index contributed by atoms with van der Waals surface area (Å²) in [4.78, 5) is 29.7. The molecule has 1 amide bonds. The molecule has 0 saturated heterocycles. The maximum absolute atomic E-state index is 13.2. The monoisotopic (exact) mass is 641 g/mol. The number of pyridine rings is 1. The molecule has 1 unspecified atom stereocenters. The first-order chi connectivity index (χ1) is 22.3. The summed E-state index contributed by atoms with van der Waals surface area (Å²) >= 11 is 6.34. The van der Waals surface area contributed by atoms with Crippen molar-refractivity contribution < 1.29 is 23.1 Å². The van der Waals surface area contributed by atoms with Gasteiger partial charge in [-0.15, -0.1) is 5.10 Å². The number of ether oxygens (including phenoxy) is 1. The van der Waals surface area contributed by atoms with Crippen LogP contribution in [0.3, 0.4) is 0 Å². The van der Waals surface area contributed by atoms with Crippen molar-refractivity contribution in [3.63, 3.8) is 0 Å². The smallest absolute Gasteiger partial charge is 0.309 e. The topological polar surface area (TPSA) is 99.0 Å². The molecule has 2 bridgehead atoms. The number of hydrogen-bond acceptors (Lipinski definition) is 6. The molecular weight excluding hydrogens is 612 g/mol. The Morgan fingerprint density at radius 1 is 1.04 bits per heavy atom. The van der Waals surface area contributed by atoms with Gasteiger partial charge in [0.15, 0.2) is 0 Å². The number of carbonyl (C=O) groups is 2. The molecule has 234 valence electrons. The number of rotatable bonds is 6. The van der Waals surface area contributed by atoms with Crippen molar-refractivity contribution >= 4 is 29.2 Å². The molecule has 3 heterocycles. The van der Waals surface area contributed by atoms with Crippen LogP contribution in [0, 0.1) is 0 Å². The van der Waals surface area contributed by atoms with Crippen molar-refractivity contribution in [1.29, 1.82) is 0 Å². The Hall–Kier alpha value is -4.96. The Balaban J connectivity index is 1.35. The average Bonchev–Trinajstić information content (AvgIpc) is 3.55. The van der Waals surface area contributed by atoms with Gasteiger partial charge in [0.1, 0.15) is 5.69 Å². The second-order valence-corrected chi connectivity index (χ2v) is 11.6. The highest BCUT2D eigenvalue weighted by Gasteiger charge is 2.21. The molecule has 8 nitrogen and oxygen atoms in total. The number of esters is 1. The molecule has 0 fully saturated rings. The Morgan fingerprint density at radius 2 is 1.91 bits per heavy atom. The molecule has 11 heteroatoms. The number of fused-ring (bicyclic) bond motifs is 4. The fourth-order valence-corrected chi connectivity index (χ4v) is 5.93. The van der Waals surface area contributed by atoms with E-state index in [1.54, 1.807) is 24.4 Å². The molecule has 1 aliphatic rings. The van der Waals surface area contributed by atoms with Gasteiger partial charge < -0.3 is 10.1 Å². The molecule has 5 aromatic rings. The minimum Gasteiger partial charge on any atom is -0.469 e. The number of halogens is 3. The quantitative estimate of drug-likeness (QED) is 0.189. The summed E-state index contributed by atoms with van der Waals surface area (Å²) in [5, 5.41) is 11.0. The second kappa shape index (κ2) is 13.6. The van der Waals surface area contributed by atoms with Gasteiger partial charge in [-0.05, 0) is 59.9 Å². The normalized spacial score (nSPS) is 15.0. The van der Waals surface area contributed by atoms with E-state index in [4.69, 9.17) is 21.3 Å². The molecule has 1 N–H and O–H groups in total. The first-order valence-corrected chi connectivity index (χ1v) is 15.2. The molecule has 1 atom stereocenters. The van der Waals surface area contributed by atoms with Crippen molar-refractivity contribution in [2.75, 3.05) is 12.4 Å². The molecule has 0 spiro atoms. The fourth-order valence-electron chi connectivity index (χ4n) is 5.75. The van der Waals surface area contributed by atoms with E-state index in [9.17, 15) is 18.4 Å². The first kappa shape index (κ1) is 31.0. The van der Waals surface area contributed by atoms with Crippen LogP contribution in [0.25, 0.3) is 27.9 Å². The summed E-state index contributed by atoms with van der Waals surface area (Å²) in [6, 6.07) is 22.8. The Bertz CT molecular complexity index is 1890. The lowest BCUT2D eigenvalue weighted by atomic mass is 9.87. The number of aromatic nitrogens is 4. The molecule has 2 aromatic heterocycles. The minimum absolute atomic E-state index is 0.0405. The molecule has 0 aliphatic carbocycles. The molecule has 1 aliphatic heterocycles. The summed E-state index contributed by atoms with van der Waals surface area (Å²) < 4.78 is 32.5. The van der Waals surface area contributed by atoms with Crippen molar-refractivity contribution in [3.05, 3.63) is 113 Å². The van der Waals surface area contributed by atoms with E-state index in [-0.39, 0.29) is 24.2 Å². The van der Waals surface area contributed by atoms with Crippen LogP contribution in [0.15, 0.2) is 85.2 Å². The Morgan fingerprint density at radius 3 is 2.67 bits per heavy atom. The summed E-state index contributed by atoms with van der Waals surface area (Å²) in [7, 11) is 1.35. The number of carbonyl (C=O) groups excluding carboxylic acids is 2. The molecule has 0 radical (unpaired) electrons. The average molecular weight is 642 g/mol. The Kier molecular flexibility index (Phi) is 9.16. The highest BCUT2D eigenvalue weighted by Crippen LogP contribution is 2.37. The van der Waals surface area contributed by atoms with Crippen LogP contribution in [0.4, 0.5) is 14.5 Å². The van der Waals surface area contributed by atoms with Crippen LogP contribution in [-0.4, -0.2) is 39.0 Å². The van der Waals surface area contributed by atoms with E-state index in [1.165, 1.54) is 18.0 Å². The highest BCUT2D eigenvalue weighted by atomic mass is 35.5. The van der Waals surface area contributed by atoms with E-state index in [2.05, 4.69) is 27.8 Å². The standard InChI is InChI=1S/C35H30ClF2N5O3/c1-46-34(45)16-21-9-12-27-23-6-4-5-22(17-23)26(7-2-3-8-33(44)40-30(27)15-21)29-13-10-24(19-39-29)28-18-25(36)11-14-32(28)43-20-31(35(37)38)41-42-43/h4-6,9-15,17-20,26,35H,2-3,7-8,16H2,1H3,(H,40,44). The van der Waals surface area contributed by atoms with Crippen molar-refractivity contribution in [2.45, 2.75) is 44.4 Å². The zero-order valence-electron chi connectivity index (χ0n) is 24.9. The van der Waals surface area contributed by atoms with Gasteiger partial charge in [-0.2, -0.15) is 0 Å². The van der Waals surface area contributed by atoms with Crippen LogP contribution < -0.4 is 5.32 Å². The lowest BCUT2D eigenvalue weighted by Crippen LogP contribution is -2.14. The van der Waals surface area contributed by atoms with Crippen LogP contribution in [0.5, 0.6) is 0 Å². The summed E-state index contributed by atoms with van der Waals surface area (Å²) in [5.41, 5.74) is 6.66. The van der Waals surface area contributed by atoms with Gasteiger partial charge in [-0.25, -0.2) is 13.5 Å². The number of benzene rings is 3. The van der Waals surface area contributed by atoms with Gasteiger partial charge in [-0.1, -0.05) is 65.7 Å². The summed E-state index contributed by atoms with van der Waals surface area (Å²) in [6.07, 6.45) is 2.97. The van der Waals surface area contributed by atoms with Crippen LogP contribution in [-0.2, 0) is 20.7 Å². The van der Waals surface area contributed by atoms with Gasteiger partial charge >= 0.3 is 5.97 Å². The van der Waals surface area contributed by atoms with Crippen molar-refractivity contribution in [3.8, 4) is 27.9 Å². The summed E-state index contributed by atoms with van der Waals surface area (Å²) in [6.45, 7) is 0. The molecule has 46 heavy (non-hydrogen) atoms. The van der Waals surface area contributed by atoms with Gasteiger partial charge in [-0.3, -0.25) is 14.6 Å². The van der Waals surface area contributed by atoms with Crippen LogP contribution >= 0.6 is 11.6 Å². The number of amides is 1. The molecular formula is C35H30ClF2N5O3. The lowest BCUT2D eigenvalue weighted by molar-refractivity contribution is -0.139. The van der Waals surface area contributed by atoms with E-state index >= 15 is 0 Å². The van der Waals surface area contributed by atoms with Crippen LogP contribution in [0.2, 0.25) is 5.02 Å². The van der Waals surface area contributed by atoms with Gasteiger partial charge in [0.05, 0.1) is 25.4 Å². The first-order valence-electron chi connectivity index (χ1n) is 14.9. The predicted octanol–water partition coefficient (Wildman–Crippen LogP) is 7.95. The minimum atomic E-state index is -2.73. The van der Waals surface area contributed by atoms with E-state index in [0.29, 0.717) is 34.8 Å². The number of nitrogens with one attached hydrogen (secondary N) is 1. The number of anilines is 1. The van der Waals surface area contributed by atoms with E-state index in [0.717, 1.165) is 46.4 Å². The SMILES string of the molecule is COC(=O)Cc1ccc2c(c1)NC(=O)CCCCC(c1ccc(-c3cc(Cl)ccc3-n3cc(C(F)F)nn3)cn1)c1cccc-2c1. The maximum atomic E-state index is 13.2. The summed E-state index contributed by atoms with van der Waals surface area (Å²) in [5.74, 6) is -0.479. The van der Waals surface area contributed by atoms with Crippen molar-refractivity contribution in [2.24, 2.45) is 0 Å².